The lowest BCUT2D eigenvalue weighted by atomic mass is 9.97. The number of hydrogen-bond acceptors (Lipinski definition) is 5. The van der Waals surface area contributed by atoms with Gasteiger partial charge < -0.3 is 5.32 Å². The van der Waals surface area contributed by atoms with Gasteiger partial charge >= 0.3 is 0 Å². The predicted octanol–water partition coefficient (Wildman–Crippen LogP) is 5.11. The number of piperidine rings is 1. The van der Waals surface area contributed by atoms with Gasteiger partial charge in [0.05, 0.1) is 5.69 Å². The van der Waals surface area contributed by atoms with Crippen LogP contribution in [0.4, 0.5) is 5.13 Å². The van der Waals surface area contributed by atoms with E-state index in [0.717, 1.165) is 11.1 Å². The Morgan fingerprint density at radius 3 is 2.50 bits per heavy atom. The first kappa shape index (κ1) is 22.7. The largest absolute Gasteiger partial charge is 0.302 e. The highest BCUT2D eigenvalue weighted by Crippen LogP contribution is 2.31. The zero-order valence-corrected chi connectivity index (χ0v) is 19.5. The van der Waals surface area contributed by atoms with Crippen LogP contribution in [-0.2, 0) is 14.8 Å². The molecule has 1 amide bonds. The van der Waals surface area contributed by atoms with E-state index in [1.165, 1.54) is 21.1 Å². The number of hydrogen-bond donors (Lipinski definition) is 1. The molecule has 0 unspecified atom stereocenters. The lowest BCUT2D eigenvalue weighted by Gasteiger charge is -2.29. The molecule has 1 aliphatic rings. The van der Waals surface area contributed by atoms with E-state index in [4.69, 9.17) is 11.6 Å². The van der Waals surface area contributed by atoms with Crippen LogP contribution in [0.5, 0.6) is 0 Å². The summed E-state index contributed by atoms with van der Waals surface area (Å²) in [5.74, 6) is -0.394. The van der Waals surface area contributed by atoms with Crippen molar-refractivity contribution in [3.8, 4) is 11.3 Å². The average Bonchev–Trinajstić information content (AvgIpc) is 3.27. The van der Waals surface area contributed by atoms with Gasteiger partial charge in [0.25, 0.3) is 0 Å². The highest BCUT2D eigenvalue weighted by molar-refractivity contribution is 7.92. The van der Waals surface area contributed by atoms with Crippen molar-refractivity contribution in [2.45, 2.75) is 12.8 Å². The number of halogens is 1. The molecule has 2 aromatic carbocycles. The van der Waals surface area contributed by atoms with E-state index in [1.807, 2.05) is 53.9 Å². The zero-order valence-electron chi connectivity index (χ0n) is 17.1. The van der Waals surface area contributed by atoms with Crippen LogP contribution in [0.25, 0.3) is 17.3 Å². The van der Waals surface area contributed by atoms with Gasteiger partial charge in [-0.05, 0) is 30.5 Å². The number of benzene rings is 2. The van der Waals surface area contributed by atoms with Crippen LogP contribution >= 0.6 is 22.9 Å². The van der Waals surface area contributed by atoms with Crippen molar-refractivity contribution in [2.24, 2.45) is 5.92 Å². The molecule has 32 heavy (non-hydrogen) atoms. The summed E-state index contributed by atoms with van der Waals surface area (Å²) in [5.41, 5.74) is 2.35. The SMILES string of the molecule is O=C(Nc1nc(-c2ccccc2Cl)cs1)C1CCN(S(=O)(=O)/C=C/c2ccccc2)CC1. The molecule has 1 aliphatic heterocycles. The summed E-state index contributed by atoms with van der Waals surface area (Å²) < 4.78 is 26.6. The van der Waals surface area contributed by atoms with E-state index >= 15 is 0 Å². The number of nitrogens with zero attached hydrogens (tertiary/aromatic N) is 2. The Morgan fingerprint density at radius 2 is 1.78 bits per heavy atom. The fourth-order valence-electron chi connectivity index (χ4n) is 3.52. The van der Waals surface area contributed by atoms with Crippen molar-refractivity contribution in [2.75, 3.05) is 18.4 Å². The fraction of sp³-hybridized carbons (Fsp3) is 0.217. The first-order valence-electron chi connectivity index (χ1n) is 10.2. The number of nitrogens with one attached hydrogen (secondary N) is 1. The van der Waals surface area contributed by atoms with E-state index < -0.39 is 10.0 Å². The molecule has 0 aliphatic carbocycles. The maximum Gasteiger partial charge on any atom is 0.236 e. The molecule has 0 atom stereocenters. The van der Waals surface area contributed by atoms with Gasteiger partial charge in [0, 0.05) is 40.4 Å². The second-order valence-corrected chi connectivity index (χ2v) is 10.5. The van der Waals surface area contributed by atoms with Crippen molar-refractivity contribution in [3.63, 3.8) is 0 Å². The number of sulfonamides is 1. The summed E-state index contributed by atoms with van der Waals surface area (Å²) in [7, 11) is -3.52. The van der Waals surface area contributed by atoms with Crippen LogP contribution in [0, 0.1) is 5.92 Å². The summed E-state index contributed by atoms with van der Waals surface area (Å²) >= 11 is 7.56. The highest BCUT2D eigenvalue weighted by atomic mass is 35.5. The Hall–Kier alpha value is -2.52. The third kappa shape index (κ3) is 5.45. The van der Waals surface area contributed by atoms with E-state index in [9.17, 15) is 13.2 Å². The van der Waals surface area contributed by atoms with Gasteiger partial charge in [-0.25, -0.2) is 13.4 Å². The molecule has 0 radical (unpaired) electrons. The summed E-state index contributed by atoms with van der Waals surface area (Å²) in [6.45, 7) is 0.616. The average molecular weight is 488 g/mol. The van der Waals surface area contributed by atoms with Crippen molar-refractivity contribution in [1.29, 1.82) is 0 Å². The molecule has 0 saturated carbocycles. The summed E-state index contributed by atoms with van der Waals surface area (Å²) in [5, 5.41) is 7.06. The highest BCUT2D eigenvalue weighted by Gasteiger charge is 2.30. The second-order valence-electron chi connectivity index (χ2n) is 7.44. The molecule has 0 bridgehead atoms. The Balaban J connectivity index is 1.33. The second kappa shape index (κ2) is 9.95. The van der Waals surface area contributed by atoms with Gasteiger partial charge in [-0.3, -0.25) is 4.79 Å². The Kier molecular flexibility index (Phi) is 7.05. The maximum atomic E-state index is 12.7. The normalized spacial score (nSPS) is 15.8. The quantitative estimate of drug-likeness (QED) is 0.523. The van der Waals surface area contributed by atoms with Crippen LogP contribution in [0.2, 0.25) is 5.02 Å². The molecule has 1 N–H and O–H groups in total. The number of anilines is 1. The maximum absolute atomic E-state index is 12.7. The Labute approximate surface area is 196 Å². The van der Waals surface area contributed by atoms with Gasteiger partial charge in [-0.1, -0.05) is 60.1 Å². The van der Waals surface area contributed by atoms with Crippen molar-refractivity contribution < 1.29 is 13.2 Å². The molecule has 0 spiro atoms. The number of rotatable bonds is 6. The number of carbonyl (C=O) groups excluding carboxylic acids is 1. The minimum absolute atomic E-state index is 0.137. The molecule has 4 rings (SSSR count). The monoisotopic (exact) mass is 487 g/mol. The topological polar surface area (TPSA) is 79.4 Å². The van der Waals surface area contributed by atoms with Gasteiger partial charge in [-0.15, -0.1) is 11.3 Å². The molecule has 6 nitrogen and oxygen atoms in total. The Bertz CT molecular complexity index is 1220. The molecular formula is C23H22ClN3O3S2. The summed E-state index contributed by atoms with van der Waals surface area (Å²) in [6, 6.07) is 16.7. The standard InChI is InChI=1S/C23H22ClN3O3S2/c24-20-9-5-4-8-19(20)21-16-31-23(25-21)26-22(28)18-10-13-27(14-11-18)32(29,30)15-12-17-6-2-1-3-7-17/h1-9,12,15-16,18H,10-11,13-14H2,(H,25,26,28)/b15-12+. The lowest BCUT2D eigenvalue weighted by molar-refractivity contribution is -0.120. The first-order valence-corrected chi connectivity index (χ1v) is 12.9. The molecule has 1 aromatic heterocycles. The molecule has 3 aromatic rings. The third-order valence-corrected chi connectivity index (χ3v) is 7.95. The molecule has 1 fully saturated rings. The van der Waals surface area contributed by atoms with Crippen molar-refractivity contribution in [3.05, 3.63) is 76.0 Å². The number of amides is 1. The van der Waals surface area contributed by atoms with E-state index in [-0.39, 0.29) is 11.8 Å². The van der Waals surface area contributed by atoms with Gasteiger partial charge in [-0.2, -0.15) is 4.31 Å². The first-order chi connectivity index (χ1) is 15.4. The van der Waals surface area contributed by atoms with Crippen LogP contribution < -0.4 is 5.32 Å². The smallest absolute Gasteiger partial charge is 0.236 e. The number of aromatic nitrogens is 1. The van der Waals surface area contributed by atoms with Crippen LogP contribution in [0.1, 0.15) is 18.4 Å². The minimum Gasteiger partial charge on any atom is -0.302 e. The minimum atomic E-state index is -3.52. The van der Waals surface area contributed by atoms with Crippen LogP contribution in [-0.4, -0.2) is 36.7 Å². The van der Waals surface area contributed by atoms with Crippen molar-refractivity contribution in [1.82, 2.24) is 9.29 Å². The Morgan fingerprint density at radius 1 is 1.09 bits per heavy atom. The molecule has 9 heteroatoms. The van der Waals surface area contributed by atoms with Gasteiger partial charge in [0.1, 0.15) is 0 Å². The fourth-order valence-corrected chi connectivity index (χ4v) is 5.69. The summed E-state index contributed by atoms with van der Waals surface area (Å²) in [4.78, 5) is 17.2. The van der Waals surface area contributed by atoms with Gasteiger partial charge in [0.2, 0.25) is 15.9 Å². The zero-order chi connectivity index (χ0) is 22.6. The number of carbonyl (C=O) groups is 1. The third-order valence-electron chi connectivity index (χ3n) is 5.30. The van der Waals surface area contributed by atoms with Gasteiger partial charge in [0.15, 0.2) is 5.13 Å². The molecular weight excluding hydrogens is 466 g/mol. The number of thiazole rings is 1. The van der Waals surface area contributed by atoms with E-state index in [2.05, 4.69) is 10.3 Å². The lowest BCUT2D eigenvalue weighted by Crippen LogP contribution is -2.40. The van der Waals surface area contributed by atoms with Crippen LogP contribution in [0.15, 0.2) is 65.4 Å². The molecule has 2 heterocycles. The van der Waals surface area contributed by atoms with E-state index in [0.29, 0.717) is 41.8 Å². The van der Waals surface area contributed by atoms with Crippen LogP contribution in [0.3, 0.4) is 0 Å². The van der Waals surface area contributed by atoms with E-state index in [1.54, 1.807) is 12.1 Å². The predicted molar refractivity (Wildman–Crippen MR) is 130 cm³/mol. The molecule has 166 valence electrons. The van der Waals surface area contributed by atoms with Crippen molar-refractivity contribution >= 4 is 50.1 Å². The molecule has 1 saturated heterocycles. The summed E-state index contributed by atoms with van der Waals surface area (Å²) in [6.07, 6.45) is 2.52.